The highest BCUT2D eigenvalue weighted by atomic mass is 35.5. The minimum Gasteiger partial charge on any atom is -0.374 e. The normalized spacial score (nSPS) is 24.7. The van der Waals surface area contributed by atoms with Gasteiger partial charge in [0.15, 0.2) is 11.5 Å². The lowest BCUT2D eigenvalue weighted by Gasteiger charge is -2.30. The molecule has 12 heteroatoms. The topological polar surface area (TPSA) is 70.9 Å². The first-order valence-electron chi connectivity index (χ1n) is 9.66. The summed E-state index contributed by atoms with van der Waals surface area (Å²) in [6, 6.07) is 6.70. The van der Waals surface area contributed by atoms with E-state index in [1.54, 1.807) is 13.0 Å². The molecule has 0 saturated carbocycles. The molecule has 33 heavy (non-hydrogen) atoms. The van der Waals surface area contributed by atoms with Gasteiger partial charge >= 0.3 is 6.18 Å². The molecule has 1 amide bonds. The molecular weight excluding hydrogens is 524 g/mol. The summed E-state index contributed by atoms with van der Waals surface area (Å²) < 4.78 is 52.0. The smallest absolute Gasteiger partial charge is 0.374 e. The number of carbonyl (C=O) groups excluding carboxylic acids is 1. The summed E-state index contributed by atoms with van der Waals surface area (Å²) in [6.07, 6.45) is -5.45. The number of benzene rings is 2. The molecule has 0 aromatic heterocycles. The minimum atomic E-state index is -4.83. The van der Waals surface area contributed by atoms with Crippen LogP contribution in [0, 0.1) is 6.92 Å². The van der Waals surface area contributed by atoms with Gasteiger partial charge in [0.25, 0.3) is 11.5 Å². The molecule has 5 nitrogen and oxygen atoms in total. The second-order valence-corrected chi connectivity index (χ2v) is 10.7. The molecular formula is C21H17Cl3F3N2O3S+. The number of hydrogen-bond donors (Lipinski definition) is 2. The second kappa shape index (κ2) is 8.85. The summed E-state index contributed by atoms with van der Waals surface area (Å²) in [5.74, 6) is 0.741. The van der Waals surface area contributed by atoms with E-state index in [2.05, 4.69) is 10.5 Å². The van der Waals surface area contributed by atoms with E-state index in [4.69, 9.17) is 39.6 Å². The molecule has 176 valence electrons. The zero-order valence-electron chi connectivity index (χ0n) is 17.0. The number of aryl methyl sites for hydroxylation is 1. The fourth-order valence-corrected chi connectivity index (χ4v) is 5.30. The number of halogens is 6. The van der Waals surface area contributed by atoms with Crippen LogP contribution in [0.2, 0.25) is 15.1 Å². The fraction of sp³-hybridized carbons (Fsp3) is 0.333. The van der Waals surface area contributed by atoms with Crippen molar-refractivity contribution in [2.45, 2.75) is 31.2 Å². The number of amides is 1. The maximum absolute atomic E-state index is 14.2. The number of oxime groups is 1. The highest BCUT2D eigenvalue weighted by molar-refractivity contribution is 7.93. The maximum Gasteiger partial charge on any atom is 0.435 e. The van der Waals surface area contributed by atoms with Crippen LogP contribution in [0.15, 0.2) is 35.5 Å². The number of nitrogens with zero attached hydrogens (tertiary/aromatic N) is 1. The van der Waals surface area contributed by atoms with Crippen molar-refractivity contribution in [2.75, 3.05) is 11.5 Å². The van der Waals surface area contributed by atoms with E-state index in [-0.39, 0.29) is 38.3 Å². The van der Waals surface area contributed by atoms with Gasteiger partial charge in [-0.25, -0.2) is 0 Å². The Morgan fingerprint density at radius 1 is 1.21 bits per heavy atom. The van der Waals surface area contributed by atoms with Crippen molar-refractivity contribution in [1.29, 1.82) is 0 Å². The van der Waals surface area contributed by atoms with Crippen molar-refractivity contribution in [3.05, 3.63) is 67.7 Å². The minimum absolute atomic E-state index is 0.0556. The van der Waals surface area contributed by atoms with Gasteiger partial charge in [-0.15, -0.1) is 0 Å². The lowest BCUT2D eigenvalue weighted by Crippen LogP contribution is -2.52. The molecule has 0 unspecified atom stereocenters. The van der Waals surface area contributed by atoms with Gasteiger partial charge in [0.1, 0.15) is 17.2 Å². The monoisotopic (exact) mass is 539 g/mol. The molecule has 0 radical (unpaired) electrons. The van der Waals surface area contributed by atoms with Gasteiger partial charge in [-0.2, -0.15) is 17.7 Å². The molecule has 1 atom stereocenters. The van der Waals surface area contributed by atoms with E-state index in [0.29, 0.717) is 28.2 Å². The van der Waals surface area contributed by atoms with Crippen LogP contribution in [0.25, 0.3) is 0 Å². The third-order valence-electron chi connectivity index (χ3n) is 5.56. The molecule has 0 bridgehead atoms. The lowest BCUT2D eigenvalue weighted by atomic mass is 9.86. The lowest BCUT2D eigenvalue weighted by molar-refractivity contribution is -0.275. The van der Waals surface area contributed by atoms with E-state index in [9.17, 15) is 22.5 Å². The van der Waals surface area contributed by atoms with Crippen molar-refractivity contribution in [1.82, 2.24) is 5.32 Å². The molecule has 2 aromatic rings. The fourth-order valence-electron chi connectivity index (χ4n) is 3.71. The number of alkyl halides is 3. The Morgan fingerprint density at radius 3 is 2.39 bits per heavy atom. The van der Waals surface area contributed by atoms with E-state index < -0.39 is 29.4 Å². The molecule has 2 aromatic carbocycles. The molecule has 2 aliphatic heterocycles. The van der Waals surface area contributed by atoms with Crippen molar-refractivity contribution >= 4 is 57.6 Å². The second-order valence-electron chi connectivity index (χ2n) is 7.88. The van der Waals surface area contributed by atoms with Gasteiger partial charge in [0.2, 0.25) is 0 Å². The van der Waals surface area contributed by atoms with Crippen LogP contribution in [0.5, 0.6) is 0 Å². The van der Waals surface area contributed by atoms with Gasteiger partial charge in [-0.1, -0.05) is 46.0 Å². The van der Waals surface area contributed by atoms with Crippen LogP contribution >= 0.6 is 34.8 Å². The highest BCUT2D eigenvalue weighted by Gasteiger charge is 2.62. The molecule has 2 aliphatic rings. The van der Waals surface area contributed by atoms with Crippen LogP contribution in [0.3, 0.4) is 0 Å². The predicted molar refractivity (Wildman–Crippen MR) is 124 cm³/mol. The quantitative estimate of drug-likeness (QED) is 0.384. The summed E-state index contributed by atoms with van der Waals surface area (Å²) in [6.45, 7) is 1.68. The standard InChI is InChI=1S/C21H16Cl3F3N2O3S/c1-10-4-11(2-3-14(10)19(30)28-13-8-33(31)9-13)17-7-20(32-29-17,21(25,26)27)12-5-15(22)18(24)16(23)6-12/h2-6,13,31H,7-9H2,1H3/p+1/t13?,20-,33?/m0/s1. The molecule has 2 N–H and O–H groups in total. The van der Waals surface area contributed by atoms with Crippen LogP contribution in [0.4, 0.5) is 13.2 Å². The van der Waals surface area contributed by atoms with Crippen LogP contribution in [-0.2, 0) is 21.6 Å². The van der Waals surface area contributed by atoms with E-state index >= 15 is 0 Å². The van der Waals surface area contributed by atoms with Crippen LogP contribution in [-0.4, -0.2) is 39.9 Å². The summed E-state index contributed by atoms with van der Waals surface area (Å²) >= 11 is 17.2. The average Bonchev–Trinajstić information content (AvgIpc) is 3.17. The molecule has 1 fully saturated rings. The van der Waals surface area contributed by atoms with Gasteiger partial charge in [0.05, 0.1) is 20.8 Å². The summed E-state index contributed by atoms with van der Waals surface area (Å²) in [5, 5.41) is 6.24. The molecule has 4 rings (SSSR count). The van der Waals surface area contributed by atoms with E-state index in [1.807, 2.05) is 0 Å². The first-order valence-corrected chi connectivity index (χ1v) is 12.3. The largest absolute Gasteiger partial charge is 0.435 e. The molecule has 1 saturated heterocycles. The number of carbonyl (C=O) groups is 1. The van der Waals surface area contributed by atoms with E-state index in [1.165, 1.54) is 12.1 Å². The summed E-state index contributed by atoms with van der Waals surface area (Å²) in [5.41, 5.74) is -1.69. The molecule has 0 spiro atoms. The van der Waals surface area contributed by atoms with Gasteiger partial charge < -0.3 is 10.2 Å². The van der Waals surface area contributed by atoms with Crippen molar-refractivity contribution in [3.63, 3.8) is 0 Å². The van der Waals surface area contributed by atoms with Crippen molar-refractivity contribution < 1.29 is 27.4 Å². The van der Waals surface area contributed by atoms with Crippen LogP contribution < -0.4 is 5.32 Å². The molecule has 2 heterocycles. The predicted octanol–water partition coefficient (Wildman–Crippen LogP) is 5.74. The number of rotatable bonds is 4. The third kappa shape index (κ3) is 4.53. The number of nitrogens with one attached hydrogen (secondary N) is 1. The Hall–Kier alpha value is -1.65. The Balaban J connectivity index is 1.60. The van der Waals surface area contributed by atoms with E-state index in [0.717, 1.165) is 12.1 Å². The van der Waals surface area contributed by atoms with Crippen molar-refractivity contribution in [3.8, 4) is 0 Å². The average molecular weight is 541 g/mol. The summed E-state index contributed by atoms with van der Waals surface area (Å²) in [4.78, 5) is 17.5. The molecule has 0 aliphatic carbocycles. The third-order valence-corrected chi connectivity index (χ3v) is 8.33. The Kier molecular flexibility index (Phi) is 6.56. The number of hydrogen-bond acceptors (Lipinski definition) is 4. The first-order chi connectivity index (χ1) is 15.4. The Morgan fingerprint density at radius 2 is 1.85 bits per heavy atom. The zero-order chi connectivity index (χ0) is 24.1. The summed E-state index contributed by atoms with van der Waals surface area (Å²) in [7, 11) is 0. The van der Waals surface area contributed by atoms with Gasteiger partial charge in [-0.3, -0.25) is 4.79 Å². The first kappa shape index (κ1) is 24.5. The Labute approximate surface area is 205 Å². The maximum atomic E-state index is 14.2. The Bertz CT molecular complexity index is 1130. The van der Waals surface area contributed by atoms with Gasteiger partial charge in [-0.05, 0) is 42.3 Å². The SMILES string of the molecule is Cc1cc(C2=NO[C@@](c3cc(Cl)c(Cl)c(Cl)c3)(C(F)(F)F)C2)ccc1C(=O)NC1C[S+](O)C1. The van der Waals surface area contributed by atoms with Crippen LogP contribution in [0.1, 0.15) is 33.5 Å². The van der Waals surface area contributed by atoms with Gasteiger partial charge in [0, 0.05) is 17.5 Å². The van der Waals surface area contributed by atoms with Crippen molar-refractivity contribution in [2.24, 2.45) is 5.16 Å². The zero-order valence-corrected chi connectivity index (χ0v) is 20.1. The highest BCUT2D eigenvalue weighted by Crippen LogP contribution is 2.50.